The van der Waals surface area contributed by atoms with E-state index in [0.717, 1.165) is 11.5 Å². The fourth-order valence-corrected chi connectivity index (χ4v) is 3.40. The fraction of sp³-hybridized carbons (Fsp3) is 0.500. The number of carbonyl (C=O) groups excluding carboxylic acids is 1. The van der Waals surface area contributed by atoms with Crippen molar-refractivity contribution in [1.82, 2.24) is 0 Å². The van der Waals surface area contributed by atoms with Crippen LogP contribution >= 0.6 is 0 Å². The lowest BCUT2D eigenvalue weighted by Gasteiger charge is -2.37. The number of allylic oxidation sites excluding steroid dienone is 9. The van der Waals surface area contributed by atoms with Gasteiger partial charge in [0.2, 0.25) is 5.91 Å². The van der Waals surface area contributed by atoms with E-state index in [4.69, 9.17) is 5.73 Å². The third-order valence-corrected chi connectivity index (χ3v) is 4.98. The normalized spacial score (nSPS) is 22.7. The third kappa shape index (κ3) is 5.99. The molecule has 0 radical (unpaired) electrons. The Balaban J connectivity index is 2.91. The molecule has 1 aliphatic carbocycles. The molecule has 2 heteroatoms. The highest BCUT2D eigenvalue weighted by atomic mass is 16.1. The van der Waals surface area contributed by atoms with Gasteiger partial charge in [-0.1, -0.05) is 62.3 Å². The number of amides is 1. The molecule has 24 heavy (non-hydrogen) atoms. The molecule has 0 spiro atoms. The van der Waals surface area contributed by atoms with Crippen LogP contribution in [0, 0.1) is 11.3 Å². The molecule has 1 amide bonds. The molecule has 0 bridgehead atoms. The van der Waals surface area contributed by atoms with Gasteiger partial charge in [-0.25, -0.2) is 0 Å². The highest BCUT2D eigenvalue weighted by Crippen LogP contribution is 2.44. The smallest absolute Gasteiger partial charge is 0.241 e. The molecular weight excluding hydrogens is 294 g/mol. The molecule has 0 aromatic carbocycles. The summed E-state index contributed by atoms with van der Waals surface area (Å²) in [6.07, 6.45) is 15.6. The zero-order valence-electron chi connectivity index (χ0n) is 16.1. The van der Waals surface area contributed by atoms with E-state index < -0.39 is 5.91 Å². The average Bonchev–Trinajstić information content (AvgIpc) is 2.45. The molecule has 1 aliphatic rings. The van der Waals surface area contributed by atoms with E-state index in [9.17, 15) is 4.79 Å². The summed E-state index contributed by atoms with van der Waals surface area (Å²) in [5.41, 5.74) is 10.5. The van der Waals surface area contributed by atoms with Crippen molar-refractivity contribution in [3.63, 3.8) is 0 Å². The molecule has 0 aromatic rings. The van der Waals surface area contributed by atoms with Crippen LogP contribution in [-0.4, -0.2) is 5.91 Å². The second-order valence-corrected chi connectivity index (χ2v) is 7.52. The van der Waals surface area contributed by atoms with Gasteiger partial charge in [-0.15, -0.1) is 0 Å². The monoisotopic (exact) mass is 327 g/mol. The lowest BCUT2D eigenvalue weighted by atomic mass is 9.68. The Kier molecular flexibility index (Phi) is 7.47. The first kappa shape index (κ1) is 20.2. The van der Waals surface area contributed by atoms with Gasteiger partial charge >= 0.3 is 0 Å². The van der Waals surface area contributed by atoms with Crippen LogP contribution in [0.2, 0.25) is 0 Å². The van der Waals surface area contributed by atoms with Crippen molar-refractivity contribution in [2.75, 3.05) is 0 Å². The van der Waals surface area contributed by atoms with Crippen LogP contribution in [0.25, 0.3) is 0 Å². The SMILES string of the molecule is CCC1CCC(C)(C)C(/C=C/C(C)=C/C=C/C(C)=C/C(N)=O)=C1C. The molecule has 1 rings (SSSR count). The summed E-state index contributed by atoms with van der Waals surface area (Å²) in [4.78, 5) is 10.8. The highest BCUT2D eigenvalue weighted by Gasteiger charge is 2.30. The number of nitrogens with two attached hydrogens (primary N) is 1. The largest absolute Gasteiger partial charge is 0.366 e. The van der Waals surface area contributed by atoms with Crippen LogP contribution in [0.3, 0.4) is 0 Å². The van der Waals surface area contributed by atoms with Crippen molar-refractivity contribution in [1.29, 1.82) is 0 Å². The topological polar surface area (TPSA) is 43.1 Å². The molecule has 0 heterocycles. The van der Waals surface area contributed by atoms with Crippen molar-refractivity contribution < 1.29 is 4.79 Å². The molecule has 0 saturated heterocycles. The summed E-state index contributed by atoms with van der Waals surface area (Å²) in [7, 11) is 0. The van der Waals surface area contributed by atoms with Crippen molar-refractivity contribution in [3.05, 3.63) is 58.7 Å². The molecule has 1 atom stereocenters. The Morgan fingerprint density at radius 3 is 2.50 bits per heavy atom. The molecule has 0 saturated carbocycles. The van der Waals surface area contributed by atoms with E-state index in [1.807, 2.05) is 19.1 Å². The van der Waals surface area contributed by atoms with Gasteiger partial charge in [0.1, 0.15) is 0 Å². The number of primary amides is 1. The van der Waals surface area contributed by atoms with Crippen LogP contribution in [0.5, 0.6) is 0 Å². The Labute approximate surface area is 147 Å². The van der Waals surface area contributed by atoms with Crippen molar-refractivity contribution in [2.45, 2.75) is 60.8 Å². The molecule has 2 N–H and O–H groups in total. The van der Waals surface area contributed by atoms with E-state index >= 15 is 0 Å². The van der Waals surface area contributed by atoms with Crippen LogP contribution in [-0.2, 0) is 4.79 Å². The van der Waals surface area contributed by atoms with Crippen LogP contribution in [0.4, 0.5) is 0 Å². The van der Waals surface area contributed by atoms with Gasteiger partial charge in [0.15, 0.2) is 0 Å². The second kappa shape index (κ2) is 8.86. The van der Waals surface area contributed by atoms with Gasteiger partial charge in [0.05, 0.1) is 0 Å². The van der Waals surface area contributed by atoms with E-state index in [2.05, 4.69) is 52.8 Å². The minimum atomic E-state index is -0.412. The van der Waals surface area contributed by atoms with E-state index in [-0.39, 0.29) is 5.41 Å². The Bertz CT molecular complexity index is 612. The molecule has 0 fully saturated rings. The zero-order chi connectivity index (χ0) is 18.3. The first-order chi connectivity index (χ1) is 11.2. The summed E-state index contributed by atoms with van der Waals surface area (Å²) >= 11 is 0. The van der Waals surface area contributed by atoms with Gasteiger partial charge in [0, 0.05) is 6.08 Å². The number of hydrogen-bond donors (Lipinski definition) is 1. The first-order valence-electron chi connectivity index (χ1n) is 8.89. The molecule has 132 valence electrons. The molecule has 1 unspecified atom stereocenters. The third-order valence-electron chi connectivity index (χ3n) is 4.98. The maximum atomic E-state index is 10.8. The maximum Gasteiger partial charge on any atom is 0.241 e. The molecule has 0 aliphatic heterocycles. The quantitative estimate of drug-likeness (QED) is 0.498. The Morgan fingerprint density at radius 2 is 1.92 bits per heavy atom. The minimum absolute atomic E-state index is 0.253. The number of carbonyl (C=O) groups is 1. The van der Waals surface area contributed by atoms with Crippen LogP contribution in [0.1, 0.15) is 60.8 Å². The second-order valence-electron chi connectivity index (χ2n) is 7.52. The van der Waals surface area contributed by atoms with Crippen LogP contribution < -0.4 is 5.73 Å². The number of hydrogen-bond acceptors (Lipinski definition) is 1. The highest BCUT2D eigenvalue weighted by molar-refractivity contribution is 5.86. The molecule has 0 aromatic heterocycles. The maximum absolute atomic E-state index is 10.8. The fourth-order valence-electron chi connectivity index (χ4n) is 3.40. The average molecular weight is 328 g/mol. The summed E-state index contributed by atoms with van der Waals surface area (Å²) in [5.74, 6) is 0.314. The summed E-state index contributed by atoms with van der Waals surface area (Å²) < 4.78 is 0. The lowest BCUT2D eigenvalue weighted by molar-refractivity contribution is -0.113. The number of rotatable bonds is 6. The zero-order valence-corrected chi connectivity index (χ0v) is 16.1. The Morgan fingerprint density at radius 1 is 1.25 bits per heavy atom. The van der Waals surface area contributed by atoms with E-state index in [0.29, 0.717) is 0 Å². The van der Waals surface area contributed by atoms with Gasteiger partial charge < -0.3 is 5.73 Å². The summed E-state index contributed by atoms with van der Waals surface area (Å²) in [6, 6.07) is 0. The lowest BCUT2D eigenvalue weighted by Crippen LogP contribution is -2.24. The van der Waals surface area contributed by atoms with Crippen LogP contribution in [0.15, 0.2) is 58.7 Å². The van der Waals surface area contributed by atoms with E-state index in [1.165, 1.54) is 36.5 Å². The van der Waals surface area contributed by atoms with Gasteiger partial charge in [-0.05, 0) is 62.5 Å². The Hall–Kier alpha value is -1.83. The van der Waals surface area contributed by atoms with E-state index in [1.54, 1.807) is 5.57 Å². The minimum Gasteiger partial charge on any atom is -0.366 e. The van der Waals surface area contributed by atoms with Crippen molar-refractivity contribution in [2.24, 2.45) is 17.1 Å². The van der Waals surface area contributed by atoms with Gasteiger partial charge in [-0.2, -0.15) is 0 Å². The van der Waals surface area contributed by atoms with Gasteiger partial charge in [-0.3, -0.25) is 4.79 Å². The summed E-state index contributed by atoms with van der Waals surface area (Å²) in [6.45, 7) is 13.2. The summed E-state index contributed by atoms with van der Waals surface area (Å²) in [5, 5.41) is 0. The van der Waals surface area contributed by atoms with Gasteiger partial charge in [0.25, 0.3) is 0 Å². The van der Waals surface area contributed by atoms with Crippen molar-refractivity contribution >= 4 is 5.91 Å². The predicted octanol–water partition coefficient (Wildman–Crippen LogP) is 5.64. The first-order valence-corrected chi connectivity index (χ1v) is 8.89. The molecule has 2 nitrogen and oxygen atoms in total. The molecular formula is C22H33NO. The standard InChI is InChI=1S/C22H33NO/c1-7-19-13-14-22(5,6)20(18(19)4)12-11-16(2)9-8-10-17(3)15-21(23)24/h8-12,15,19H,7,13-14H2,1-6H3,(H2,23,24)/b10-8+,12-11+,16-9+,17-15+. The van der Waals surface area contributed by atoms with Crippen molar-refractivity contribution in [3.8, 4) is 0 Å². The predicted molar refractivity (Wildman–Crippen MR) is 104 cm³/mol.